The third kappa shape index (κ3) is 2.33. The SMILES string of the molecule is Cc1nn(-c2ccccn2)c2c1C(=O)CC(C(C)C)C2Br. The van der Waals surface area contributed by atoms with Gasteiger partial charge < -0.3 is 0 Å². The lowest BCUT2D eigenvalue weighted by molar-refractivity contribution is 0.0931. The maximum Gasteiger partial charge on any atom is 0.166 e. The number of halogens is 1. The molecule has 0 amide bonds. The third-order valence-electron chi connectivity index (χ3n) is 4.16. The molecule has 4 nitrogen and oxygen atoms in total. The zero-order valence-corrected chi connectivity index (χ0v) is 14.0. The lowest BCUT2D eigenvalue weighted by Gasteiger charge is -2.30. The molecule has 21 heavy (non-hydrogen) atoms. The number of hydrogen-bond donors (Lipinski definition) is 0. The van der Waals surface area contributed by atoms with Crippen LogP contribution in [0.5, 0.6) is 0 Å². The van der Waals surface area contributed by atoms with Crippen molar-refractivity contribution >= 4 is 21.7 Å². The summed E-state index contributed by atoms with van der Waals surface area (Å²) in [7, 11) is 0. The van der Waals surface area contributed by atoms with E-state index in [9.17, 15) is 4.79 Å². The number of aryl methyl sites for hydroxylation is 1. The minimum Gasteiger partial charge on any atom is -0.294 e. The van der Waals surface area contributed by atoms with Gasteiger partial charge in [0.15, 0.2) is 11.6 Å². The lowest BCUT2D eigenvalue weighted by Crippen LogP contribution is -2.27. The Labute approximate surface area is 132 Å². The van der Waals surface area contributed by atoms with Crippen LogP contribution in [0.4, 0.5) is 0 Å². The third-order valence-corrected chi connectivity index (χ3v) is 5.27. The van der Waals surface area contributed by atoms with Crippen molar-refractivity contribution in [3.8, 4) is 5.82 Å². The molecule has 0 N–H and O–H groups in total. The van der Waals surface area contributed by atoms with E-state index < -0.39 is 0 Å². The number of Topliss-reactive ketones (excluding diaryl/α,β-unsaturated/α-hetero) is 1. The summed E-state index contributed by atoms with van der Waals surface area (Å²) < 4.78 is 1.82. The van der Waals surface area contributed by atoms with Crippen molar-refractivity contribution in [1.29, 1.82) is 0 Å². The Hall–Kier alpha value is -1.49. The number of aromatic nitrogens is 3. The van der Waals surface area contributed by atoms with Gasteiger partial charge in [-0.25, -0.2) is 9.67 Å². The molecule has 0 aliphatic heterocycles. The van der Waals surface area contributed by atoms with E-state index in [4.69, 9.17) is 0 Å². The highest BCUT2D eigenvalue weighted by atomic mass is 79.9. The Morgan fingerprint density at radius 2 is 2.14 bits per heavy atom. The first-order chi connectivity index (χ1) is 10.0. The first-order valence-electron chi connectivity index (χ1n) is 7.19. The number of pyridine rings is 1. The predicted octanol–water partition coefficient (Wildman–Crippen LogP) is 3.87. The maximum absolute atomic E-state index is 12.5. The summed E-state index contributed by atoms with van der Waals surface area (Å²) >= 11 is 3.80. The number of ketones is 1. The highest BCUT2D eigenvalue weighted by molar-refractivity contribution is 9.09. The predicted molar refractivity (Wildman–Crippen MR) is 85.0 cm³/mol. The van der Waals surface area contributed by atoms with E-state index >= 15 is 0 Å². The van der Waals surface area contributed by atoms with E-state index in [0.29, 0.717) is 12.3 Å². The van der Waals surface area contributed by atoms with E-state index in [1.807, 2.05) is 29.8 Å². The van der Waals surface area contributed by atoms with Gasteiger partial charge in [0.2, 0.25) is 0 Å². The first kappa shape index (κ1) is 14.4. The molecule has 1 aliphatic carbocycles. The summed E-state index contributed by atoms with van der Waals surface area (Å²) in [6.45, 7) is 6.21. The molecule has 1 aliphatic rings. The van der Waals surface area contributed by atoms with Gasteiger partial charge in [0.1, 0.15) is 0 Å². The van der Waals surface area contributed by atoms with Crippen molar-refractivity contribution in [2.75, 3.05) is 0 Å². The fourth-order valence-electron chi connectivity index (χ4n) is 2.99. The number of rotatable bonds is 2. The molecule has 2 unspecified atom stereocenters. The van der Waals surface area contributed by atoms with Crippen LogP contribution in [0.3, 0.4) is 0 Å². The van der Waals surface area contributed by atoms with E-state index in [0.717, 1.165) is 22.8 Å². The lowest BCUT2D eigenvalue weighted by atomic mass is 9.79. The fourth-order valence-corrected chi connectivity index (χ4v) is 4.21. The molecule has 0 saturated carbocycles. The molecule has 0 aromatic carbocycles. The van der Waals surface area contributed by atoms with Crippen LogP contribution in [-0.4, -0.2) is 20.5 Å². The quantitative estimate of drug-likeness (QED) is 0.774. The Bertz CT molecular complexity index is 678. The van der Waals surface area contributed by atoms with Crippen molar-refractivity contribution in [2.24, 2.45) is 11.8 Å². The number of nitrogens with zero attached hydrogens (tertiary/aromatic N) is 3. The number of hydrogen-bond acceptors (Lipinski definition) is 3. The molecule has 0 spiro atoms. The van der Waals surface area contributed by atoms with Gasteiger partial charge in [-0.1, -0.05) is 35.8 Å². The second kappa shape index (κ2) is 5.37. The molecular weight excluding hydrogens is 330 g/mol. The van der Waals surface area contributed by atoms with Gasteiger partial charge in [-0.05, 0) is 30.9 Å². The van der Waals surface area contributed by atoms with Crippen LogP contribution < -0.4 is 0 Å². The van der Waals surface area contributed by atoms with E-state index in [1.54, 1.807) is 6.20 Å². The standard InChI is InChI=1S/C16H18BrN3O/c1-9(2)11-8-12(21)14-10(3)19-20(16(14)15(11)17)13-6-4-5-7-18-13/h4-7,9,11,15H,8H2,1-3H3. The van der Waals surface area contributed by atoms with Crippen molar-refractivity contribution < 1.29 is 4.79 Å². The number of carbonyl (C=O) groups excluding carboxylic acids is 1. The number of fused-ring (bicyclic) bond motifs is 1. The van der Waals surface area contributed by atoms with Gasteiger partial charge in [0.05, 0.1) is 21.8 Å². The molecule has 3 rings (SSSR count). The Morgan fingerprint density at radius 3 is 2.76 bits per heavy atom. The molecule has 2 aromatic rings. The topological polar surface area (TPSA) is 47.8 Å². The highest BCUT2D eigenvalue weighted by Crippen LogP contribution is 2.45. The summed E-state index contributed by atoms with van der Waals surface area (Å²) in [5.74, 6) is 1.66. The second-order valence-corrected chi connectivity index (χ2v) is 6.87. The molecule has 0 bridgehead atoms. The van der Waals surface area contributed by atoms with E-state index in [1.165, 1.54) is 0 Å². The van der Waals surface area contributed by atoms with Crippen molar-refractivity contribution in [2.45, 2.75) is 32.0 Å². The maximum atomic E-state index is 12.5. The minimum atomic E-state index is 0.119. The van der Waals surface area contributed by atoms with Crippen molar-refractivity contribution in [3.63, 3.8) is 0 Å². The molecular formula is C16H18BrN3O. The molecule has 2 atom stereocenters. The molecule has 2 heterocycles. The van der Waals surface area contributed by atoms with Crippen LogP contribution in [0.25, 0.3) is 5.82 Å². The number of carbonyl (C=O) groups is 1. The minimum absolute atomic E-state index is 0.119. The summed E-state index contributed by atoms with van der Waals surface area (Å²) in [6.07, 6.45) is 2.32. The average Bonchev–Trinajstić information content (AvgIpc) is 2.82. The van der Waals surface area contributed by atoms with Crippen LogP contribution >= 0.6 is 15.9 Å². The summed E-state index contributed by atoms with van der Waals surface area (Å²) in [6, 6.07) is 5.72. The fraction of sp³-hybridized carbons (Fsp3) is 0.438. The molecule has 0 saturated heterocycles. The van der Waals surface area contributed by atoms with Gasteiger partial charge >= 0.3 is 0 Å². The van der Waals surface area contributed by atoms with Gasteiger partial charge in [-0.2, -0.15) is 5.10 Å². The van der Waals surface area contributed by atoms with E-state index in [-0.39, 0.29) is 16.5 Å². The van der Waals surface area contributed by atoms with E-state index in [2.05, 4.69) is 39.9 Å². The van der Waals surface area contributed by atoms with Gasteiger partial charge in [0, 0.05) is 12.6 Å². The van der Waals surface area contributed by atoms with Crippen LogP contribution in [0.2, 0.25) is 0 Å². The smallest absolute Gasteiger partial charge is 0.166 e. The largest absolute Gasteiger partial charge is 0.294 e. The van der Waals surface area contributed by atoms with Gasteiger partial charge in [-0.3, -0.25) is 4.79 Å². The Morgan fingerprint density at radius 1 is 1.38 bits per heavy atom. The van der Waals surface area contributed by atoms with Crippen molar-refractivity contribution in [1.82, 2.24) is 14.8 Å². The van der Waals surface area contributed by atoms with Crippen LogP contribution in [-0.2, 0) is 0 Å². The normalized spacial score (nSPS) is 21.7. The van der Waals surface area contributed by atoms with Crippen molar-refractivity contribution in [3.05, 3.63) is 41.3 Å². The second-order valence-electron chi connectivity index (χ2n) is 5.88. The zero-order valence-electron chi connectivity index (χ0n) is 12.4. The van der Waals surface area contributed by atoms with Gasteiger partial charge in [-0.15, -0.1) is 0 Å². The highest BCUT2D eigenvalue weighted by Gasteiger charge is 2.39. The Kier molecular flexibility index (Phi) is 3.69. The van der Waals surface area contributed by atoms with Crippen LogP contribution in [0, 0.1) is 18.8 Å². The Balaban J connectivity index is 2.19. The molecule has 0 radical (unpaired) electrons. The molecule has 5 heteroatoms. The monoisotopic (exact) mass is 347 g/mol. The summed E-state index contributed by atoms with van der Waals surface area (Å²) in [5, 5.41) is 4.56. The molecule has 2 aromatic heterocycles. The molecule has 110 valence electrons. The average molecular weight is 348 g/mol. The summed E-state index contributed by atoms with van der Waals surface area (Å²) in [5.41, 5.74) is 2.49. The molecule has 0 fully saturated rings. The number of alkyl halides is 1. The van der Waals surface area contributed by atoms with Crippen LogP contribution in [0.1, 0.15) is 46.8 Å². The summed E-state index contributed by atoms with van der Waals surface area (Å²) in [4.78, 5) is 17.0. The van der Waals surface area contributed by atoms with Crippen LogP contribution in [0.15, 0.2) is 24.4 Å². The van der Waals surface area contributed by atoms with Gasteiger partial charge in [0.25, 0.3) is 0 Å². The first-order valence-corrected chi connectivity index (χ1v) is 8.10. The zero-order chi connectivity index (χ0) is 15.1.